The first kappa shape index (κ1) is 30.9. The molecule has 0 radical (unpaired) electrons. The summed E-state index contributed by atoms with van der Waals surface area (Å²) in [4.78, 5) is 6.90. The Balaban J connectivity index is 1.50. The van der Waals surface area contributed by atoms with Crippen LogP contribution in [0.4, 0.5) is 24.5 Å². The quantitative estimate of drug-likeness (QED) is 0.175. The van der Waals surface area contributed by atoms with Crippen LogP contribution in [0.2, 0.25) is 0 Å². The standard InChI is InChI=1S/C38H38F3N3/c1-6-26-10-8-11-27(7-2)37(26)42-24(3)35-12-9-13-36(43-35)25(4)44(5)38-33(29-16-20-32(40)21-17-29)22-30(23-34(38)41)28-14-18-31(39)19-15-28/h8-25,42H,6-7H2,1-5H3. The SMILES string of the molecule is CCc1cccc(CC)c1NC(C)c1cccc(C(C)N(C)c2c(F)cc(-c3ccc(F)cc3)cc2-c2ccc(F)cc2)n1. The van der Waals surface area contributed by atoms with Crippen LogP contribution in [0.25, 0.3) is 22.3 Å². The monoisotopic (exact) mass is 593 g/mol. The average Bonchev–Trinajstić information content (AvgIpc) is 3.04. The van der Waals surface area contributed by atoms with Crippen molar-refractivity contribution >= 4 is 11.4 Å². The summed E-state index contributed by atoms with van der Waals surface area (Å²) < 4.78 is 43.6. The molecule has 0 saturated carbocycles. The number of aromatic nitrogens is 1. The minimum atomic E-state index is -0.435. The fourth-order valence-electron chi connectivity index (χ4n) is 5.67. The Hall–Kier alpha value is -4.58. The third-order valence-corrected chi connectivity index (χ3v) is 8.35. The van der Waals surface area contributed by atoms with Gasteiger partial charge in [-0.25, -0.2) is 13.2 Å². The van der Waals surface area contributed by atoms with Crippen molar-refractivity contribution in [3.63, 3.8) is 0 Å². The molecule has 3 nitrogen and oxygen atoms in total. The minimum Gasteiger partial charge on any atom is -0.377 e. The van der Waals surface area contributed by atoms with Crippen molar-refractivity contribution in [2.24, 2.45) is 0 Å². The fourth-order valence-corrected chi connectivity index (χ4v) is 5.67. The molecule has 2 atom stereocenters. The van der Waals surface area contributed by atoms with Crippen molar-refractivity contribution in [1.29, 1.82) is 0 Å². The average molecular weight is 594 g/mol. The van der Waals surface area contributed by atoms with Crippen LogP contribution < -0.4 is 10.2 Å². The number of nitrogens with zero attached hydrogens (tertiary/aromatic N) is 2. The predicted octanol–water partition coefficient (Wildman–Crippen LogP) is 10.3. The number of para-hydroxylation sites is 1. The van der Waals surface area contributed by atoms with Gasteiger partial charge in [-0.05, 0) is 103 Å². The van der Waals surface area contributed by atoms with E-state index in [-0.39, 0.29) is 23.7 Å². The Morgan fingerprint density at radius 1 is 0.682 bits per heavy atom. The molecule has 226 valence electrons. The molecular formula is C38H38F3N3. The second-order valence-corrected chi connectivity index (χ2v) is 11.2. The van der Waals surface area contributed by atoms with E-state index in [1.54, 1.807) is 24.3 Å². The van der Waals surface area contributed by atoms with E-state index in [1.807, 2.05) is 43.1 Å². The Bertz CT molecular complexity index is 1710. The third kappa shape index (κ3) is 6.49. The summed E-state index contributed by atoms with van der Waals surface area (Å²) in [6.07, 6.45) is 1.86. The van der Waals surface area contributed by atoms with Crippen molar-refractivity contribution in [2.45, 2.75) is 52.6 Å². The van der Waals surface area contributed by atoms with Gasteiger partial charge in [0, 0.05) is 18.3 Å². The summed E-state index contributed by atoms with van der Waals surface area (Å²) in [5, 5.41) is 3.70. The highest BCUT2D eigenvalue weighted by Crippen LogP contribution is 2.40. The van der Waals surface area contributed by atoms with Gasteiger partial charge in [0.25, 0.3) is 0 Å². The molecule has 2 unspecified atom stereocenters. The van der Waals surface area contributed by atoms with Crippen LogP contribution >= 0.6 is 0 Å². The van der Waals surface area contributed by atoms with Crippen molar-refractivity contribution in [3.05, 3.63) is 137 Å². The number of anilines is 2. The van der Waals surface area contributed by atoms with Crippen LogP contribution in [0.3, 0.4) is 0 Å². The van der Waals surface area contributed by atoms with Crippen LogP contribution in [-0.4, -0.2) is 12.0 Å². The lowest BCUT2D eigenvalue weighted by molar-refractivity contribution is 0.609. The van der Waals surface area contributed by atoms with Crippen LogP contribution in [0.1, 0.15) is 62.3 Å². The summed E-state index contributed by atoms with van der Waals surface area (Å²) in [6.45, 7) is 8.42. The molecule has 0 fully saturated rings. The van der Waals surface area contributed by atoms with Gasteiger partial charge in [0.2, 0.25) is 0 Å². The van der Waals surface area contributed by atoms with Gasteiger partial charge in [-0.3, -0.25) is 4.98 Å². The first-order valence-corrected chi connectivity index (χ1v) is 15.1. The Kier molecular flexibility index (Phi) is 9.38. The van der Waals surface area contributed by atoms with E-state index in [0.717, 1.165) is 29.9 Å². The van der Waals surface area contributed by atoms with Gasteiger partial charge >= 0.3 is 0 Å². The highest BCUT2D eigenvalue weighted by Gasteiger charge is 2.23. The lowest BCUT2D eigenvalue weighted by atomic mass is 9.95. The molecule has 1 aromatic heterocycles. The Morgan fingerprint density at radius 2 is 1.23 bits per heavy atom. The van der Waals surface area contributed by atoms with Crippen molar-refractivity contribution in [2.75, 3.05) is 17.3 Å². The second-order valence-electron chi connectivity index (χ2n) is 11.2. The molecular weight excluding hydrogens is 555 g/mol. The highest BCUT2D eigenvalue weighted by molar-refractivity contribution is 5.84. The number of hydrogen-bond donors (Lipinski definition) is 1. The van der Waals surface area contributed by atoms with Crippen LogP contribution in [0, 0.1) is 17.5 Å². The fraction of sp³-hybridized carbons (Fsp3) is 0.237. The molecule has 1 heterocycles. The number of hydrogen-bond acceptors (Lipinski definition) is 3. The molecule has 5 rings (SSSR count). The smallest absolute Gasteiger partial charge is 0.147 e. The maximum atomic E-state index is 16.1. The van der Waals surface area contributed by atoms with Gasteiger partial charge in [0.1, 0.15) is 17.5 Å². The van der Waals surface area contributed by atoms with Gasteiger partial charge in [0.15, 0.2) is 0 Å². The highest BCUT2D eigenvalue weighted by atomic mass is 19.1. The lowest BCUT2D eigenvalue weighted by Gasteiger charge is -2.30. The molecule has 0 aliphatic rings. The zero-order valence-electron chi connectivity index (χ0n) is 25.8. The molecule has 0 bridgehead atoms. The van der Waals surface area contributed by atoms with Crippen molar-refractivity contribution < 1.29 is 13.2 Å². The van der Waals surface area contributed by atoms with E-state index in [0.29, 0.717) is 27.9 Å². The largest absolute Gasteiger partial charge is 0.377 e. The van der Waals surface area contributed by atoms with Crippen molar-refractivity contribution in [3.8, 4) is 22.3 Å². The minimum absolute atomic E-state index is 0.0491. The van der Waals surface area contributed by atoms with Crippen molar-refractivity contribution in [1.82, 2.24) is 4.98 Å². The normalized spacial score (nSPS) is 12.5. The third-order valence-electron chi connectivity index (χ3n) is 8.35. The first-order chi connectivity index (χ1) is 21.2. The molecule has 0 aliphatic carbocycles. The van der Waals surface area contributed by atoms with Gasteiger partial charge in [0.05, 0.1) is 29.2 Å². The first-order valence-electron chi connectivity index (χ1n) is 15.1. The Morgan fingerprint density at radius 3 is 1.82 bits per heavy atom. The van der Waals surface area contributed by atoms with Crippen LogP contribution in [-0.2, 0) is 12.8 Å². The molecule has 0 amide bonds. The molecule has 5 aromatic rings. The molecule has 44 heavy (non-hydrogen) atoms. The molecule has 1 N–H and O–H groups in total. The molecule has 0 aliphatic heterocycles. The number of nitrogens with one attached hydrogen (secondary N) is 1. The molecule has 6 heteroatoms. The maximum Gasteiger partial charge on any atom is 0.147 e. The van der Waals surface area contributed by atoms with Gasteiger partial charge in [-0.1, -0.05) is 62.4 Å². The van der Waals surface area contributed by atoms with Gasteiger partial charge in [-0.15, -0.1) is 0 Å². The van der Waals surface area contributed by atoms with E-state index in [2.05, 4.69) is 44.3 Å². The van der Waals surface area contributed by atoms with E-state index < -0.39 is 5.82 Å². The topological polar surface area (TPSA) is 28.2 Å². The lowest BCUT2D eigenvalue weighted by Crippen LogP contribution is -2.25. The summed E-state index contributed by atoms with van der Waals surface area (Å²) in [7, 11) is 1.84. The van der Waals surface area contributed by atoms with E-state index in [9.17, 15) is 8.78 Å². The molecule has 0 spiro atoms. The van der Waals surface area contributed by atoms with Crippen LogP contribution in [0.15, 0.2) is 97.1 Å². The van der Waals surface area contributed by atoms with Crippen LogP contribution in [0.5, 0.6) is 0 Å². The molecule has 4 aromatic carbocycles. The number of aryl methyl sites for hydroxylation is 2. The van der Waals surface area contributed by atoms with Gasteiger partial charge < -0.3 is 10.2 Å². The number of pyridine rings is 1. The molecule has 0 saturated heterocycles. The number of benzene rings is 4. The Labute approximate surface area is 258 Å². The zero-order chi connectivity index (χ0) is 31.4. The maximum absolute atomic E-state index is 16.1. The number of halogens is 3. The van der Waals surface area contributed by atoms with E-state index >= 15 is 4.39 Å². The summed E-state index contributed by atoms with van der Waals surface area (Å²) in [6, 6.07) is 27.3. The van der Waals surface area contributed by atoms with Gasteiger partial charge in [-0.2, -0.15) is 0 Å². The zero-order valence-corrected chi connectivity index (χ0v) is 25.8. The van der Waals surface area contributed by atoms with E-state index in [4.69, 9.17) is 4.98 Å². The number of rotatable bonds is 10. The summed E-state index contributed by atoms with van der Waals surface area (Å²) >= 11 is 0. The summed E-state index contributed by atoms with van der Waals surface area (Å²) in [5.74, 6) is -1.17. The second kappa shape index (κ2) is 13.4. The predicted molar refractivity (Wildman–Crippen MR) is 175 cm³/mol. The van der Waals surface area contributed by atoms with E-state index in [1.165, 1.54) is 41.5 Å². The summed E-state index contributed by atoms with van der Waals surface area (Å²) in [5.41, 5.74) is 8.33.